The first kappa shape index (κ1) is 22.4. The zero-order valence-electron chi connectivity index (χ0n) is 18.3. The minimum Gasteiger partial charge on any atom is -0.495 e. The number of hydrogen-bond acceptors (Lipinski definition) is 5. The monoisotopic (exact) mass is 435 g/mol. The van der Waals surface area contributed by atoms with Crippen molar-refractivity contribution < 1.29 is 14.2 Å². The van der Waals surface area contributed by atoms with E-state index in [9.17, 15) is 9.50 Å². The largest absolute Gasteiger partial charge is 0.495 e. The number of fused-ring (bicyclic) bond motifs is 1. The van der Waals surface area contributed by atoms with Crippen LogP contribution < -0.4 is 10.1 Å². The molecule has 2 heterocycles. The third-order valence-corrected chi connectivity index (χ3v) is 5.99. The minimum atomic E-state index is -0.977. The fourth-order valence-corrected chi connectivity index (χ4v) is 4.24. The Morgan fingerprint density at radius 2 is 2.09 bits per heavy atom. The molecule has 4 rings (SSSR count). The number of aromatic nitrogens is 1. The van der Waals surface area contributed by atoms with E-state index in [4.69, 9.17) is 4.74 Å². The number of piperidine rings is 1. The van der Waals surface area contributed by atoms with Crippen LogP contribution in [0.25, 0.3) is 17.0 Å². The van der Waals surface area contributed by atoms with Crippen molar-refractivity contribution in [3.05, 3.63) is 78.0 Å². The molecule has 5 nitrogen and oxygen atoms in total. The lowest BCUT2D eigenvalue weighted by molar-refractivity contribution is 0.0583. The second kappa shape index (κ2) is 10.7. The van der Waals surface area contributed by atoms with Gasteiger partial charge >= 0.3 is 0 Å². The maximum Gasteiger partial charge on any atom is 0.137 e. The Kier molecular flexibility index (Phi) is 7.47. The van der Waals surface area contributed by atoms with E-state index in [1.807, 2.05) is 71.6 Å². The molecule has 1 aromatic heterocycles. The highest BCUT2D eigenvalue weighted by atomic mass is 19.1. The summed E-state index contributed by atoms with van der Waals surface area (Å²) in [5.41, 5.74) is 2.73. The van der Waals surface area contributed by atoms with Gasteiger partial charge in [-0.15, -0.1) is 0 Å². The van der Waals surface area contributed by atoms with Crippen LogP contribution in [0, 0.1) is 0 Å². The lowest BCUT2D eigenvalue weighted by Crippen LogP contribution is -2.51. The topological polar surface area (TPSA) is 57.6 Å². The Hall–Kier alpha value is -2.80. The number of ether oxygens (including phenoxy) is 1. The first-order chi connectivity index (χ1) is 15.6. The number of aliphatic hydroxyl groups is 1. The fraction of sp³-hybridized carbons (Fsp3) is 0.346. The molecule has 6 heteroatoms. The van der Waals surface area contributed by atoms with E-state index < -0.39 is 12.3 Å². The highest BCUT2D eigenvalue weighted by Gasteiger charge is 2.30. The molecule has 0 amide bonds. The van der Waals surface area contributed by atoms with Crippen molar-refractivity contribution in [2.24, 2.45) is 0 Å². The van der Waals surface area contributed by atoms with Crippen LogP contribution in [0.5, 0.6) is 5.75 Å². The van der Waals surface area contributed by atoms with Crippen LogP contribution >= 0.6 is 0 Å². The number of likely N-dealkylation sites (tertiary alicyclic amines) is 1. The molecule has 0 saturated carbocycles. The van der Waals surface area contributed by atoms with Crippen LogP contribution in [0.4, 0.5) is 4.39 Å². The molecule has 168 valence electrons. The molecule has 3 atom stereocenters. The van der Waals surface area contributed by atoms with Gasteiger partial charge in [0, 0.05) is 31.1 Å². The number of alkyl halides is 1. The Balaban J connectivity index is 1.31. The Morgan fingerprint density at radius 1 is 1.25 bits per heavy atom. The zero-order valence-corrected chi connectivity index (χ0v) is 18.3. The molecule has 3 unspecified atom stereocenters. The lowest BCUT2D eigenvalue weighted by atomic mass is 9.99. The molecule has 0 radical (unpaired) electrons. The SMILES string of the molecule is COc1cnc2cccc(C(O)CN3CCC(NC/C=C/c4ccccc4)C(F)C3)c2c1. The van der Waals surface area contributed by atoms with Crippen molar-refractivity contribution in [1.82, 2.24) is 15.2 Å². The Bertz CT molecular complexity index is 1040. The standard InChI is InChI=1S/C26H30FN3O2/c1-32-20-15-22-21(10-5-11-24(22)29-16-20)26(31)18-30-14-12-25(23(27)17-30)28-13-6-9-19-7-3-2-4-8-19/h2-11,15-16,23,25-26,28,31H,12-14,17-18H2,1H3/b9-6+. The van der Waals surface area contributed by atoms with Crippen LogP contribution in [-0.4, -0.2) is 60.5 Å². The number of aliphatic hydroxyl groups excluding tert-OH is 1. The number of pyridine rings is 1. The van der Waals surface area contributed by atoms with Crippen molar-refractivity contribution in [1.29, 1.82) is 0 Å². The number of rotatable bonds is 8. The normalized spacial score (nSPS) is 20.6. The van der Waals surface area contributed by atoms with Crippen molar-refractivity contribution >= 4 is 17.0 Å². The van der Waals surface area contributed by atoms with Gasteiger partial charge in [-0.1, -0.05) is 54.6 Å². The molecule has 2 N–H and O–H groups in total. The second-order valence-corrected chi connectivity index (χ2v) is 8.20. The van der Waals surface area contributed by atoms with Crippen LogP contribution in [0.1, 0.15) is 23.7 Å². The van der Waals surface area contributed by atoms with Crippen molar-refractivity contribution in [2.45, 2.75) is 24.7 Å². The summed E-state index contributed by atoms with van der Waals surface area (Å²) in [5, 5.41) is 15.1. The Morgan fingerprint density at radius 3 is 2.88 bits per heavy atom. The first-order valence-electron chi connectivity index (χ1n) is 11.1. The van der Waals surface area contributed by atoms with E-state index in [0.29, 0.717) is 31.8 Å². The van der Waals surface area contributed by atoms with E-state index in [2.05, 4.69) is 10.3 Å². The van der Waals surface area contributed by atoms with Crippen molar-refractivity contribution in [3.8, 4) is 5.75 Å². The van der Waals surface area contributed by atoms with E-state index in [-0.39, 0.29) is 6.04 Å². The van der Waals surface area contributed by atoms with Crippen LogP contribution in [0.3, 0.4) is 0 Å². The number of halogens is 1. The summed E-state index contributed by atoms with van der Waals surface area (Å²) < 4.78 is 20.1. The number of benzene rings is 2. The summed E-state index contributed by atoms with van der Waals surface area (Å²) in [5.74, 6) is 0.647. The fourth-order valence-electron chi connectivity index (χ4n) is 4.24. The summed E-state index contributed by atoms with van der Waals surface area (Å²) in [6.45, 7) is 2.07. The molecular weight excluding hydrogens is 405 g/mol. The first-order valence-corrected chi connectivity index (χ1v) is 11.1. The average molecular weight is 436 g/mol. The number of hydrogen-bond donors (Lipinski definition) is 2. The van der Waals surface area contributed by atoms with Gasteiger partial charge in [0.15, 0.2) is 0 Å². The third-order valence-electron chi connectivity index (χ3n) is 5.99. The maximum absolute atomic E-state index is 14.8. The van der Waals surface area contributed by atoms with E-state index >= 15 is 0 Å². The highest BCUT2D eigenvalue weighted by Crippen LogP contribution is 2.27. The van der Waals surface area contributed by atoms with Crippen LogP contribution in [0.2, 0.25) is 0 Å². The van der Waals surface area contributed by atoms with Gasteiger partial charge in [-0.05, 0) is 36.2 Å². The molecule has 1 fully saturated rings. The van der Waals surface area contributed by atoms with Gasteiger partial charge in [-0.25, -0.2) is 4.39 Å². The summed E-state index contributed by atoms with van der Waals surface area (Å²) in [6.07, 6.45) is 4.74. The van der Waals surface area contributed by atoms with E-state index in [1.54, 1.807) is 13.3 Å². The molecular formula is C26H30FN3O2. The van der Waals surface area contributed by atoms with Crippen molar-refractivity contribution in [3.63, 3.8) is 0 Å². The molecule has 0 bridgehead atoms. The maximum atomic E-state index is 14.8. The lowest BCUT2D eigenvalue weighted by Gasteiger charge is -2.36. The smallest absolute Gasteiger partial charge is 0.137 e. The predicted octanol–water partition coefficient (Wildman–Crippen LogP) is 3.99. The van der Waals surface area contributed by atoms with E-state index in [0.717, 1.165) is 28.6 Å². The van der Waals surface area contributed by atoms with Gasteiger partial charge in [-0.3, -0.25) is 9.88 Å². The third kappa shape index (κ3) is 5.51. The van der Waals surface area contributed by atoms with Gasteiger partial charge < -0.3 is 15.2 Å². The number of nitrogens with zero attached hydrogens (tertiary/aromatic N) is 2. The van der Waals surface area contributed by atoms with E-state index in [1.165, 1.54) is 0 Å². The molecule has 3 aromatic rings. The molecule has 2 aromatic carbocycles. The van der Waals surface area contributed by atoms with Gasteiger partial charge in [0.05, 0.1) is 24.9 Å². The van der Waals surface area contributed by atoms with Gasteiger partial charge in [0.1, 0.15) is 11.9 Å². The van der Waals surface area contributed by atoms with Crippen LogP contribution in [-0.2, 0) is 0 Å². The number of methoxy groups -OCH3 is 1. The Labute approximate surface area is 188 Å². The number of β-amino-alcohol motifs (C(OH)–C–C–N with tert-alkyl or cyclic N) is 1. The summed E-state index contributed by atoms with van der Waals surface area (Å²) in [7, 11) is 1.60. The number of nitrogens with one attached hydrogen (secondary N) is 1. The van der Waals surface area contributed by atoms with Gasteiger partial charge in [0.25, 0.3) is 0 Å². The van der Waals surface area contributed by atoms with Gasteiger partial charge in [-0.2, -0.15) is 0 Å². The molecule has 1 aliphatic heterocycles. The highest BCUT2D eigenvalue weighted by molar-refractivity contribution is 5.83. The summed E-state index contributed by atoms with van der Waals surface area (Å²) in [4.78, 5) is 6.39. The summed E-state index contributed by atoms with van der Waals surface area (Å²) >= 11 is 0. The molecule has 1 aliphatic rings. The molecule has 0 aliphatic carbocycles. The quantitative estimate of drug-likeness (QED) is 0.560. The average Bonchev–Trinajstić information content (AvgIpc) is 2.82. The molecule has 32 heavy (non-hydrogen) atoms. The molecule has 0 spiro atoms. The zero-order chi connectivity index (χ0) is 22.3. The van der Waals surface area contributed by atoms with Gasteiger partial charge in [0.2, 0.25) is 0 Å². The second-order valence-electron chi connectivity index (χ2n) is 8.20. The predicted molar refractivity (Wildman–Crippen MR) is 126 cm³/mol. The summed E-state index contributed by atoms with van der Waals surface area (Å²) in [6, 6.07) is 17.5. The van der Waals surface area contributed by atoms with Crippen LogP contribution in [0.15, 0.2) is 66.9 Å². The minimum absolute atomic E-state index is 0.171. The molecule has 1 saturated heterocycles. The van der Waals surface area contributed by atoms with Crippen molar-refractivity contribution in [2.75, 3.05) is 33.3 Å².